The molecular weight excluding hydrogens is 288 g/mol. The lowest BCUT2D eigenvalue weighted by Gasteiger charge is -2.27. The summed E-state index contributed by atoms with van der Waals surface area (Å²) in [7, 11) is 0. The number of amides is 2. The van der Waals surface area contributed by atoms with Gasteiger partial charge in [0.1, 0.15) is 0 Å². The van der Waals surface area contributed by atoms with Gasteiger partial charge >= 0.3 is 0 Å². The second-order valence-electron chi connectivity index (χ2n) is 5.09. The predicted octanol–water partition coefficient (Wildman–Crippen LogP) is 2.99. The average Bonchev–Trinajstić information content (AvgIpc) is 2.45. The number of carbonyl (C=O) groups is 2. The van der Waals surface area contributed by atoms with Crippen molar-refractivity contribution in [3.8, 4) is 0 Å². The van der Waals surface area contributed by atoms with Crippen LogP contribution >= 0.6 is 11.6 Å². The first-order valence-electron chi connectivity index (χ1n) is 7.23. The molecule has 21 heavy (non-hydrogen) atoms. The van der Waals surface area contributed by atoms with Crippen molar-refractivity contribution < 1.29 is 9.59 Å². The Morgan fingerprint density at radius 2 is 2.00 bits per heavy atom. The molecule has 0 aliphatic heterocycles. The highest BCUT2D eigenvalue weighted by atomic mass is 35.5. The molecule has 0 bridgehead atoms. The molecule has 1 aromatic carbocycles. The molecule has 0 heterocycles. The van der Waals surface area contributed by atoms with Gasteiger partial charge in [-0.3, -0.25) is 9.59 Å². The normalized spacial score (nSPS) is 11.8. The van der Waals surface area contributed by atoms with Crippen molar-refractivity contribution in [2.75, 3.05) is 6.54 Å². The first-order valence-corrected chi connectivity index (χ1v) is 7.60. The number of halogens is 1. The van der Waals surface area contributed by atoms with E-state index in [-0.39, 0.29) is 17.9 Å². The Kier molecular flexibility index (Phi) is 7.23. The van der Waals surface area contributed by atoms with Gasteiger partial charge in [0.2, 0.25) is 11.8 Å². The highest BCUT2D eigenvalue weighted by molar-refractivity contribution is 6.31. The van der Waals surface area contributed by atoms with Gasteiger partial charge < -0.3 is 10.2 Å². The first-order chi connectivity index (χ1) is 9.95. The van der Waals surface area contributed by atoms with Crippen molar-refractivity contribution in [3.63, 3.8) is 0 Å². The molecule has 1 rings (SSSR count). The number of rotatable bonds is 7. The topological polar surface area (TPSA) is 49.4 Å². The van der Waals surface area contributed by atoms with Crippen molar-refractivity contribution in [3.05, 3.63) is 34.9 Å². The molecule has 0 saturated heterocycles. The van der Waals surface area contributed by atoms with E-state index in [1.807, 2.05) is 32.0 Å². The SMILES string of the molecule is CCC(C)N(CCC(=O)NCc1ccccc1Cl)C(C)=O. The van der Waals surface area contributed by atoms with Gasteiger partial charge in [-0.1, -0.05) is 36.7 Å². The summed E-state index contributed by atoms with van der Waals surface area (Å²) in [6.45, 7) is 6.40. The maximum absolute atomic E-state index is 11.9. The predicted molar refractivity (Wildman–Crippen MR) is 85.1 cm³/mol. The van der Waals surface area contributed by atoms with Crippen LogP contribution in [0.3, 0.4) is 0 Å². The number of nitrogens with one attached hydrogen (secondary N) is 1. The van der Waals surface area contributed by atoms with Gasteiger partial charge in [-0.25, -0.2) is 0 Å². The quantitative estimate of drug-likeness (QED) is 0.841. The molecule has 1 atom stereocenters. The van der Waals surface area contributed by atoms with Crippen molar-refractivity contribution in [2.24, 2.45) is 0 Å². The van der Waals surface area contributed by atoms with Crippen LogP contribution in [0.4, 0.5) is 0 Å². The van der Waals surface area contributed by atoms with Crippen LogP contribution in [0.5, 0.6) is 0 Å². The Hall–Kier alpha value is -1.55. The van der Waals surface area contributed by atoms with Crippen molar-refractivity contribution in [1.82, 2.24) is 10.2 Å². The Labute approximate surface area is 131 Å². The maximum Gasteiger partial charge on any atom is 0.222 e. The lowest BCUT2D eigenvalue weighted by Crippen LogP contribution is -2.39. The largest absolute Gasteiger partial charge is 0.352 e. The summed E-state index contributed by atoms with van der Waals surface area (Å²) in [6, 6.07) is 7.56. The smallest absolute Gasteiger partial charge is 0.222 e. The Morgan fingerprint density at radius 3 is 2.57 bits per heavy atom. The van der Waals surface area contributed by atoms with Gasteiger partial charge in [0.15, 0.2) is 0 Å². The molecule has 0 aliphatic rings. The molecule has 0 saturated carbocycles. The standard InChI is InChI=1S/C16H23ClN2O2/c1-4-12(2)19(13(3)20)10-9-16(21)18-11-14-7-5-6-8-15(14)17/h5-8,12H,4,9-11H2,1-3H3,(H,18,21). The maximum atomic E-state index is 11.9. The van der Waals surface area contributed by atoms with Gasteiger partial charge in [-0.15, -0.1) is 0 Å². The summed E-state index contributed by atoms with van der Waals surface area (Å²) in [6.07, 6.45) is 1.18. The fourth-order valence-electron chi connectivity index (χ4n) is 2.05. The van der Waals surface area contributed by atoms with E-state index in [9.17, 15) is 9.59 Å². The number of nitrogens with zero attached hydrogens (tertiary/aromatic N) is 1. The summed E-state index contributed by atoms with van der Waals surface area (Å²) in [5, 5.41) is 3.47. The summed E-state index contributed by atoms with van der Waals surface area (Å²) in [4.78, 5) is 25.2. The van der Waals surface area contributed by atoms with E-state index in [2.05, 4.69) is 5.32 Å². The van der Waals surface area contributed by atoms with Crippen molar-refractivity contribution in [1.29, 1.82) is 0 Å². The minimum atomic E-state index is -0.0792. The van der Waals surface area contributed by atoms with E-state index in [1.165, 1.54) is 6.92 Å². The van der Waals surface area contributed by atoms with Crippen LogP contribution in [0, 0.1) is 0 Å². The minimum absolute atomic E-state index is 0.00301. The lowest BCUT2D eigenvalue weighted by molar-refractivity contribution is -0.131. The zero-order valence-corrected chi connectivity index (χ0v) is 13.6. The van der Waals surface area contributed by atoms with Crippen LogP contribution in [0.2, 0.25) is 5.02 Å². The fraction of sp³-hybridized carbons (Fsp3) is 0.500. The molecule has 1 unspecified atom stereocenters. The van der Waals surface area contributed by atoms with E-state index in [0.717, 1.165) is 12.0 Å². The van der Waals surface area contributed by atoms with Gasteiger partial charge in [0.05, 0.1) is 0 Å². The molecule has 1 aromatic rings. The van der Waals surface area contributed by atoms with E-state index in [4.69, 9.17) is 11.6 Å². The second-order valence-corrected chi connectivity index (χ2v) is 5.50. The number of benzene rings is 1. The first kappa shape index (κ1) is 17.5. The van der Waals surface area contributed by atoms with Crippen LogP contribution in [-0.2, 0) is 16.1 Å². The molecule has 5 heteroatoms. The van der Waals surface area contributed by atoms with E-state index >= 15 is 0 Å². The highest BCUT2D eigenvalue weighted by Gasteiger charge is 2.16. The third kappa shape index (κ3) is 5.76. The number of carbonyl (C=O) groups excluding carboxylic acids is 2. The van der Waals surface area contributed by atoms with Gasteiger partial charge in [-0.05, 0) is 25.0 Å². The molecule has 116 valence electrons. The molecule has 4 nitrogen and oxygen atoms in total. The van der Waals surface area contributed by atoms with Crippen LogP contribution < -0.4 is 5.32 Å². The van der Waals surface area contributed by atoms with Gasteiger partial charge in [0, 0.05) is 37.5 Å². The second kappa shape index (κ2) is 8.67. The van der Waals surface area contributed by atoms with Crippen molar-refractivity contribution in [2.45, 2.75) is 46.2 Å². The Morgan fingerprint density at radius 1 is 1.33 bits per heavy atom. The molecular formula is C16H23ClN2O2. The van der Waals surface area contributed by atoms with Crippen LogP contribution in [-0.4, -0.2) is 29.3 Å². The summed E-state index contributed by atoms with van der Waals surface area (Å²) in [5.41, 5.74) is 0.887. The van der Waals surface area contributed by atoms with Crippen LogP contribution in [0.1, 0.15) is 39.2 Å². The monoisotopic (exact) mass is 310 g/mol. The molecule has 1 N–H and O–H groups in total. The Bertz CT molecular complexity index is 491. The van der Waals surface area contributed by atoms with Crippen LogP contribution in [0.25, 0.3) is 0 Å². The highest BCUT2D eigenvalue weighted by Crippen LogP contribution is 2.14. The molecule has 0 aromatic heterocycles. The molecule has 0 radical (unpaired) electrons. The number of hydrogen-bond acceptors (Lipinski definition) is 2. The van der Waals surface area contributed by atoms with Crippen LogP contribution in [0.15, 0.2) is 24.3 Å². The molecule has 0 fully saturated rings. The summed E-state index contributed by atoms with van der Waals surface area (Å²) in [5.74, 6) is -0.0762. The third-order valence-corrected chi connectivity index (χ3v) is 3.91. The number of hydrogen-bond donors (Lipinski definition) is 1. The zero-order valence-electron chi connectivity index (χ0n) is 12.9. The molecule has 0 spiro atoms. The van der Waals surface area contributed by atoms with Crippen molar-refractivity contribution >= 4 is 23.4 Å². The Balaban J connectivity index is 2.43. The lowest BCUT2D eigenvalue weighted by atomic mass is 10.2. The van der Waals surface area contributed by atoms with E-state index in [0.29, 0.717) is 24.5 Å². The molecule has 0 aliphatic carbocycles. The average molecular weight is 311 g/mol. The van der Waals surface area contributed by atoms with E-state index in [1.54, 1.807) is 11.0 Å². The fourth-order valence-corrected chi connectivity index (χ4v) is 2.26. The zero-order chi connectivity index (χ0) is 15.8. The van der Waals surface area contributed by atoms with Gasteiger partial charge in [-0.2, -0.15) is 0 Å². The summed E-state index contributed by atoms with van der Waals surface area (Å²) >= 11 is 6.03. The molecule has 2 amide bonds. The van der Waals surface area contributed by atoms with E-state index < -0.39 is 0 Å². The summed E-state index contributed by atoms with van der Waals surface area (Å²) < 4.78 is 0. The third-order valence-electron chi connectivity index (χ3n) is 3.54. The minimum Gasteiger partial charge on any atom is -0.352 e. The van der Waals surface area contributed by atoms with Gasteiger partial charge in [0.25, 0.3) is 0 Å².